The Balaban J connectivity index is 1.50. The molecule has 3 heterocycles. The maximum absolute atomic E-state index is 13.6. The van der Waals surface area contributed by atoms with Gasteiger partial charge in [0.15, 0.2) is 5.13 Å². The Morgan fingerprint density at radius 3 is 2.42 bits per heavy atom. The SMILES string of the molecule is Cc1nc(NC(=O)N2C[C@H](NS(=O)(=O)c3ccc([N+](=O)[O-])cc3)C[C@H]2C(N)=O)sc1-c1ccnc(C(C)(C)C(F)(F)F)c1. The van der Waals surface area contributed by atoms with Crippen LogP contribution in [0.2, 0.25) is 0 Å². The molecule has 0 saturated carbocycles. The zero-order valence-electron chi connectivity index (χ0n) is 22.9. The van der Waals surface area contributed by atoms with Crippen LogP contribution in [0.4, 0.5) is 28.8 Å². The van der Waals surface area contributed by atoms with Gasteiger partial charge in [-0.05, 0) is 57.0 Å². The predicted molar refractivity (Wildman–Crippen MR) is 150 cm³/mol. The van der Waals surface area contributed by atoms with Crippen molar-refractivity contribution in [3.05, 3.63) is 64.1 Å². The van der Waals surface area contributed by atoms with Gasteiger partial charge in [-0.3, -0.25) is 25.2 Å². The third-order valence-electron chi connectivity index (χ3n) is 6.95. The van der Waals surface area contributed by atoms with Gasteiger partial charge in [-0.25, -0.2) is 22.9 Å². The van der Waals surface area contributed by atoms with Crippen molar-refractivity contribution >= 4 is 44.1 Å². The topological polar surface area (TPSA) is 191 Å². The number of carbonyl (C=O) groups is 2. The number of nitrogens with one attached hydrogen (secondary N) is 2. The van der Waals surface area contributed by atoms with Crippen molar-refractivity contribution < 1.29 is 36.1 Å². The van der Waals surface area contributed by atoms with E-state index in [1.165, 1.54) is 18.3 Å². The summed E-state index contributed by atoms with van der Waals surface area (Å²) >= 11 is 0.993. The number of alkyl halides is 3. The number of nitro groups is 1. The van der Waals surface area contributed by atoms with Gasteiger partial charge in [0.25, 0.3) is 5.69 Å². The number of hydrogen-bond donors (Lipinski definition) is 3. The summed E-state index contributed by atoms with van der Waals surface area (Å²) in [5.41, 5.74) is 3.61. The number of anilines is 1. The number of likely N-dealkylation sites (tertiary alicyclic amines) is 1. The van der Waals surface area contributed by atoms with E-state index in [-0.39, 0.29) is 34.4 Å². The molecule has 1 saturated heterocycles. The van der Waals surface area contributed by atoms with Crippen LogP contribution in [0.3, 0.4) is 0 Å². The number of halogens is 3. The Kier molecular flexibility index (Phi) is 8.49. The van der Waals surface area contributed by atoms with Crippen molar-refractivity contribution in [2.24, 2.45) is 5.73 Å². The molecule has 2 aromatic heterocycles. The van der Waals surface area contributed by atoms with Crippen LogP contribution in [0.5, 0.6) is 0 Å². The van der Waals surface area contributed by atoms with E-state index >= 15 is 0 Å². The van der Waals surface area contributed by atoms with Gasteiger partial charge in [-0.15, -0.1) is 0 Å². The smallest absolute Gasteiger partial charge is 0.368 e. The number of aromatic nitrogens is 2. The number of pyridine rings is 1. The summed E-state index contributed by atoms with van der Waals surface area (Å²) in [6.45, 7) is 3.42. The quantitative estimate of drug-likeness (QED) is 0.245. The molecule has 1 aromatic carbocycles. The van der Waals surface area contributed by atoms with Crippen LogP contribution in [-0.2, 0) is 20.2 Å². The van der Waals surface area contributed by atoms with Crippen LogP contribution in [0, 0.1) is 17.0 Å². The lowest BCUT2D eigenvalue weighted by atomic mass is 9.87. The van der Waals surface area contributed by atoms with Crippen LogP contribution in [-0.4, -0.2) is 65.0 Å². The Bertz CT molecular complexity index is 1680. The average Bonchev–Trinajstić information content (AvgIpc) is 3.51. The summed E-state index contributed by atoms with van der Waals surface area (Å²) in [5.74, 6) is -0.875. The highest BCUT2D eigenvalue weighted by atomic mass is 32.2. The molecule has 0 aliphatic carbocycles. The molecular weight excluding hydrogens is 615 g/mol. The number of nitro benzene ring substituents is 1. The first-order chi connectivity index (χ1) is 19.9. The summed E-state index contributed by atoms with van der Waals surface area (Å²) < 4.78 is 68.8. The number of benzene rings is 1. The molecule has 0 spiro atoms. The molecule has 2 atom stereocenters. The van der Waals surface area contributed by atoms with E-state index in [4.69, 9.17) is 5.73 Å². The molecule has 13 nitrogen and oxygen atoms in total. The van der Waals surface area contributed by atoms with Crippen molar-refractivity contribution in [3.8, 4) is 10.4 Å². The third kappa shape index (κ3) is 6.60. The van der Waals surface area contributed by atoms with Crippen molar-refractivity contribution in [1.29, 1.82) is 0 Å². The summed E-state index contributed by atoms with van der Waals surface area (Å²) in [6.07, 6.45) is -3.41. The Morgan fingerprint density at radius 1 is 1.19 bits per heavy atom. The zero-order valence-corrected chi connectivity index (χ0v) is 24.5. The maximum Gasteiger partial charge on any atom is 0.399 e. The van der Waals surface area contributed by atoms with Gasteiger partial charge >= 0.3 is 12.2 Å². The van der Waals surface area contributed by atoms with Crippen molar-refractivity contribution in [3.63, 3.8) is 0 Å². The lowest BCUT2D eigenvalue weighted by Gasteiger charge is -2.27. The lowest BCUT2D eigenvalue weighted by Crippen LogP contribution is -2.46. The second kappa shape index (κ2) is 11.5. The number of non-ortho nitro benzene ring substituents is 1. The third-order valence-corrected chi connectivity index (χ3v) is 9.61. The first-order valence-electron chi connectivity index (χ1n) is 12.6. The van der Waals surface area contributed by atoms with Crippen LogP contribution in [0.25, 0.3) is 10.4 Å². The molecule has 18 heteroatoms. The monoisotopic (exact) mass is 641 g/mol. The lowest BCUT2D eigenvalue weighted by molar-refractivity contribution is -0.384. The zero-order chi connectivity index (χ0) is 31.9. The van der Waals surface area contributed by atoms with Gasteiger partial charge in [-0.1, -0.05) is 11.3 Å². The van der Waals surface area contributed by atoms with Crippen molar-refractivity contribution in [1.82, 2.24) is 19.6 Å². The fourth-order valence-electron chi connectivity index (χ4n) is 4.39. The molecule has 1 aliphatic rings. The number of nitrogens with two attached hydrogens (primary N) is 1. The number of primary amides is 1. The molecule has 0 radical (unpaired) electrons. The Hall–Kier alpha value is -4.16. The Labute approximate surface area is 247 Å². The second-order valence-electron chi connectivity index (χ2n) is 10.3. The van der Waals surface area contributed by atoms with Gasteiger partial charge in [0.2, 0.25) is 15.9 Å². The van der Waals surface area contributed by atoms with Gasteiger partial charge in [-0.2, -0.15) is 13.2 Å². The molecule has 3 aromatic rings. The van der Waals surface area contributed by atoms with E-state index in [1.807, 2.05) is 0 Å². The van der Waals surface area contributed by atoms with Gasteiger partial charge in [0.1, 0.15) is 11.5 Å². The number of thiazole rings is 1. The number of rotatable bonds is 8. The van der Waals surface area contributed by atoms with E-state index in [1.54, 1.807) is 6.92 Å². The fourth-order valence-corrected chi connectivity index (χ4v) is 6.58. The average molecular weight is 642 g/mol. The maximum atomic E-state index is 13.6. The van der Waals surface area contributed by atoms with Crippen LogP contribution < -0.4 is 15.8 Å². The number of hydrogen-bond acceptors (Lipinski definition) is 9. The molecule has 4 N–H and O–H groups in total. The minimum Gasteiger partial charge on any atom is -0.368 e. The normalized spacial score (nSPS) is 17.6. The highest BCUT2D eigenvalue weighted by Crippen LogP contribution is 2.41. The fraction of sp³-hybridized carbons (Fsp3) is 0.360. The number of carbonyl (C=O) groups excluding carboxylic acids is 2. The second-order valence-corrected chi connectivity index (χ2v) is 13.0. The van der Waals surface area contributed by atoms with Gasteiger partial charge in [0.05, 0.1) is 26.1 Å². The minimum atomic E-state index is -4.54. The predicted octanol–water partition coefficient (Wildman–Crippen LogP) is 3.70. The Morgan fingerprint density at radius 2 is 1.84 bits per heavy atom. The molecule has 0 bridgehead atoms. The van der Waals surface area contributed by atoms with E-state index < -0.39 is 50.6 Å². The summed E-state index contributed by atoms with van der Waals surface area (Å²) in [4.78, 5) is 45.0. The van der Waals surface area contributed by atoms with Crippen LogP contribution in [0.1, 0.15) is 31.7 Å². The first-order valence-corrected chi connectivity index (χ1v) is 14.9. The van der Waals surface area contributed by atoms with E-state index in [0.29, 0.717) is 16.1 Å². The van der Waals surface area contributed by atoms with Crippen molar-refractivity contribution in [2.75, 3.05) is 11.9 Å². The van der Waals surface area contributed by atoms with E-state index in [2.05, 4.69) is 20.0 Å². The first kappa shape index (κ1) is 31.8. The molecule has 1 fully saturated rings. The number of sulfonamides is 1. The van der Waals surface area contributed by atoms with Crippen LogP contribution >= 0.6 is 11.3 Å². The molecule has 4 rings (SSSR count). The standard InChI is InChI=1S/C25H26F3N7O6S2/c1-13-20(14-8-9-30-19(10-14)24(2,3)25(26,27)28)42-22(31-13)32-23(37)34-12-15(11-18(34)21(29)36)33-43(40,41)17-6-4-16(5-7-17)35(38)39/h4-10,15,18,33H,11-12H2,1-3H3,(H2,29,36)(H,31,32,37)/t15-,18+/m1/s1. The number of urea groups is 1. The highest BCUT2D eigenvalue weighted by Gasteiger charge is 2.49. The molecule has 230 valence electrons. The van der Waals surface area contributed by atoms with Gasteiger partial charge < -0.3 is 10.6 Å². The highest BCUT2D eigenvalue weighted by molar-refractivity contribution is 7.89. The minimum absolute atomic E-state index is 0.0871. The van der Waals surface area contributed by atoms with Gasteiger partial charge in [0, 0.05) is 30.9 Å². The molecule has 3 amide bonds. The number of nitrogens with zero attached hydrogens (tertiary/aromatic N) is 4. The summed E-state index contributed by atoms with van der Waals surface area (Å²) in [6, 6.07) is 4.13. The molecular formula is C25H26F3N7O6S2. The largest absolute Gasteiger partial charge is 0.399 e. The number of aryl methyl sites for hydroxylation is 1. The van der Waals surface area contributed by atoms with Crippen molar-refractivity contribution in [2.45, 2.75) is 55.8 Å². The molecule has 43 heavy (non-hydrogen) atoms. The van der Waals surface area contributed by atoms with E-state index in [9.17, 15) is 41.3 Å². The summed E-state index contributed by atoms with van der Waals surface area (Å²) in [5, 5.41) is 13.5. The number of amides is 3. The summed E-state index contributed by atoms with van der Waals surface area (Å²) in [7, 11) is -4.17. The molecule has 0 unspecified atom stereocenters. The van der Waals surface area contributed by atoms with E-state index in [0.717, 1.165) is 54.3 Å². The van der Waals surface area contributed by atoms with Crippen LogP contribution in [0.15, 0.2) is 47.5 Å². The molecule has 1 aliphatic heterocycles.